The zero-order chi connectivity index (χ0) is 12.3. The molecule has 3 nitrogen and oxygen atoms in total. The molecule has 2 aromatic rings. The average molecular weight is 243 g/mol. The van der Waals surface area contributed by atoms with E-state index in [-0.39, 0.29) is 6.04 Å². The van der Waals surface area contributed by atoms with Gasteiger partial charge in [0.1, 0.15) is 5.82 Å². The van der Waals surface area contributed by atoms with Gasteiger partial charge in [-0.3, -0.25) is 0 Å². The van der Waals surface area contributed by atoms with Crippen molar-refractivity contribution in [1.29, 1.82) is 5.26 Å². The monoisotopic (exact) mass is 243 g/mol. The topological polar surface area (TPSA) is 48.7 Å². The Balaban J connectivity index is 2.13. The van der Waals surface area contributed by atoms with E-state index in [0.717, 1.165) is 5.82 Å². The van der Waals surface area contributed by atoms with Gasteiger partial charge in [0.25, 0.3) is 0 Å². The number of nitrogens with one attached hydrogen (secondary N) is 1. The van der Waals surface area contributed by atoms with Gasteiger partial charge in [0.2, 0.25) is 0 Å². The molecule has 1 atom stereocenters. The first-order valence-electron chi connectivity index (χ1n) is 5.38. The first-order valence-corrected chi connectivity index (χ1v) is 6.19. The number of aromatic nitrogens is 1. The highest BCUT2D eigenvalue weighted by Gasteiger charge is 2.08. The normalized spacial score (nSPS) is 11.8. The van der Waals surface area contributed by atoms with E-state index < -0.39 is 0 Å². The van der Waals surface area contributed by atoms with Crippen molar-refractivity contribution < 1.29 is 0 Å². The maximum Gasteiger partial charge on any atom is 0.127 e. The van der Waals surface area contributed by atoms with Crippen LogP contribution in [0.5, 0.6) is 0 Å². The highest BCUT2D eigenvalue weighted by molar-refractivity contribution is 7.12. The molecule has 1 unspecified atom stereocenters. The van der Waals surface area contributed by atoms with Crippen molar-refractivity contribution in [2.45, 2.75) is 19.9 Å². The molecule has 0 radical (unpaired) electrons. The second kappa shape index (κ2) is 4.98. The Morgan fingerprint density at radius 2 is 2.24 bits per heavy atom. The van der Waals surface area contributed by atoms with Crippen LogP contribution < -0.4 is 5.32 Å². The van der Waals surface area contributed by atoms with Gasteiger partial charge >= 0.3 is 0 Å². The van der Waals surface area contributed by atoms with Gasteiger partial charge in [0.05, 0.1) is 17.7 Å². The van der Waals surface area contributed by atoms with Crippen molar-refractivity contribution in [1.82, 2.24) is 4.98 Å². The van der Waals surface area contributed by atoms with Crippen LogP contribution >= 0.6 is 11.3 Å². The molecule has 0 saturated heterocycles. The quantitative estimate of drug-likeness (QED) is 0.897. The van der Waals surface area contributed by atoms with Gasteiger partial charge in [0.15, 0.2) is 0 Å². The van der Waals surface area contributed by atoms with Crippen LogP contribution in [0.2, 0.25) is 0 Å². The number of rotatable bonds is 3. The van der Waals surface area contributed by atoms with Crippen LogP contribution in [0, 0.1) is 18.3 Å². The Labute approximate surface area is 105 Å². The summed E-state index contributed by atoms with van der Waals surface area (Å²) in [6, 6.07) is 10.00. The lowest BCUT2D eigenvalue weighted by atomic mass is 10.2. The van der Waals surface area contributed by atoms with Crippen LogP contribution in [0.15, 0.2) is 30.5 Å². The van der Waals surface area contributed by atoms with Crippen LogP contribution in [0.3, 0.4) is 0 Å². The van der Waals surface area contributed by atoms with Crippen molar-refractivity contribution >= 4 is 17.2 Å². The Hall–Kier alpha value is -1.86. The fraction of sp³-hybridized carbons (Fsp3) is 0.231. The summed E-state index contributed by atoms with van der Waals surface area (Å²) in [6.45, 7) is 4.18. The minimum absolute atomic E-state index is 0.204. The van der Waals surface area contributed by atoms with Crippen LogP contribution in [0.25, 0.3) is 0 Å². The molecular formula is C13H13N3S. The smallest absolute Gasteiger partial charge is 0.127 e. The largest absolute Gasteiger partial charge is 0.363 e. The molecule has 0 amide bonds. The van der Waals surface area contributed by atoms with Crippen molar-refractivity contribution in [3.63, 3.8) is 0 Å². The first kappa shape index (κ1) is 11.6. The maximum atomic E-state index is 8.81. The molecule has 0 spiro atoms. The number of thiophene rings is 1. The number of nitriles is 1. The lowest BCUT2D eigenvalue weighted by Crippen LogP contribution is -2.06. The fourth-order valence-electron chi connectivity index (χ4n) is 1.56. The van der Waals surface area contributed by atoms with Gasteiger partial charge in [-0.15, -0.1) is 11.3 Å². The Kier molecular flexibility index (Phi) is 3.40. The van der Waals surface area contributed by atoms with Gasteiger partial charge in [0, 0.05) is 16.0 Å². The van der Waals surface area contributed by atoms with Crippen molar-refractivity contribution in [2.75, 3.05) is 5.32 Å². The molecule has 2 heterocycles. The molecule has 17 heavy (non-hydrogen) atoms. The van der Waals surface area contributed by atoms with E-state index in [4.69, 9.17) is 5.26 Å². The zero-order valence-electron chi connectivity index (χ0n) is 9.77. The van der Waals surface area contributed by atoms with E-state index in [2.05, 4.69) is 42.4 Å². The van der Waals surface area contributed by atoms with Gasteiger partial charge in [-0.1, -0.05) is 0 Å². The number of aryl methyl sites for hydroxylation is 1. The summed E-state index contributed by atoms with van der Waals surface area (Å²) in [4.78, 5) is 6.77. The van der Waals surface area contributed by atoms with Crippen LogP contribution in [0.4, 0.5) is 5.82 Å². The predicted molar refractivity (Wildman–Crippen MR) is 70.0 cm³/mol. The molecule has 0 aromatic carbocycles. The number of nitrogens with zero attached hydrogens (tertiary/aromatic N) is 2. The summed E-state index contributed by atoms with van der Waals surface area (Å²) in [6.07, 6.45) is 1.65. The number of hydrogen-bond donors (Lipinski definition) is 1. The van der Waals surface area contributed by atoms with E-state index in [1.54, 1.807) is 29.7 Å². The Morgan fingerprint density at radius 3 is 2.88 bits per heavy atom. The van der Waals surface area contributed by atoms with Gasteiger partial charge < -0.3 is 5.32 Å². The Morgan fingerprint density at radius 1 is 1.41 bits per heavy atom. The summed E-state index contributed by atoms with van der Waals surface area (Å²) in [5, 5.41) is 12.1. The van der Waals surface area contributed by atoms with Crippen LogP contribution in [-0.4, -0.2) is 4.98 Å². The summed E-state index contributed by atoms with van der Waals surface area (Å²) < 4.78 is 0. The second-order valence-electron chi connectivity index (χ2n) is 3.86. The lowest BCUT2D eigenvalue weighted by Gasteiger charge is -2.12. The summed E-state index contributed by atoms with van der Waals surface area (Å²) in [5.74, 6) is 0.739. The first-order chi connectivity index (χ1) is 8.19. The standard InChI is InChI=1S/C13H13N3S/c1-9-3-4-12(17-9)10(2)16-13-7-11(8-14)5-6-15-13/h3-7,10H,1-2H3,(H,15,16). The molecule has 0 saturated carbocycles. The highest BCUT2D eigenvalue weighted by atomic mass is 32.1. The third-order valence-electron chi connectivity index (χ3n) is 2.44. The average Bonchev–Trinajstić information content (AvgIpc) is 2.76. The molecule has 2 aromatic heterocycles. The third kappa shape index (κ3) is 2.83. The van der Waals surface area contributed by atoms with Crippen LogP contribution in [0.1, 0.15) is 28.3 Å². The summed E-state index contributed by atoms with van der Waals surface area (Å²) in [7, 11) is 0. The van der Waals surface area contributed by atoms with E-state index in [0.29, 0.717) is 5.56 Å². The molecular weight excluding hydrogens is 230 g/mol. The van der Waals surface area contributed by atoms with Gasteiger partial charge in [-0.2, -0.15) is 5.26 Å². The summed E-state index contributed by atoms with van der Waals surface area (Å²) in [5.41, 5.74) is 0.622. The van der Waals surface area contributed by atoms with Crippen molar-refractivity contribution in [2.24, 2.45) is 0 Å². The predicted octanol–water partition coefficient (Wildman–Crippen LogP) is 3.50. The van der Waals surface area contributed by atoms with E-state index >= 15 is 0 Å². The Bertz CT molecular complexity index is 554. The van der Waals surface area contributed by atoms with Crippen molar-refractivity contribution in [3.05, 3.63) is 45.8 Å². The number of anilines is 1. The molecule has 0 aliphatic carbocycles. The van der Waals surface area contributed by atoms with Gasteiger partial charge in [-0.25, -0.2) is 4.98 Å². The van der Waals surface area contributed by atoms with Gasteiger partial charge in [-0.05, 0) is 38.1 Å². The maximum absolute atomic E-state index is 8.81. The van der Waals surface area contributed by atoms with Crippen molar-refractivity contribution in [3.8, 4) is 6.07 Å². The number of pyridine rings is 1. The van der Waals surface area contributed by atoms with Crippen LogP contribution in [-0.2, 0) is 0 Å². The fourth-order valence-corrected chi connectivity index (χ4v) is 2.44. The third-order valence-corrected chi connectivity index (χ3v) is 3.62. The molecule has 0 aliphatic heterocycles. The van der Waals surface area contributed by atoms with E-state index in [9.17, 15) is 0 Å². The lowest BCUT2D eigenvalue weighted by molar-refractivity contribution is 0.896. The second-order valence-corrected chi connectivity index (χ2v) is 5.18. The molecule has 86 valence electrons. The molecule has 0 fully saturated rings. The minimum atomic E-state index is 0.204. The number of hydrogen-bond acceptors (Lipinski definition) is 4. The minimum Gasteiger partial charge on any atom is -0.363 e. The SMILES string of the molecule is Cc1ccc(C(C)Nc2cc(C#N)ccn2)s1. The highest BCUT2D eigenvalue weighted by Crippen LogP contribution is 2.25. The zero-order valence-corrected chi connectivity index (χ0v) is 10.6. The molecule has 0 aliphatic rings. The molecule has 1 N–H and O–H groups in total. The molecule has 2 rings (SSSR count). The van der Waals surface area contributed by atoms with E-state index in [1.807, 2.05) is 0 Å². The molecule has 0 bridgehead atoms. The molecule has 4 heteroatoms. The summed E-state index contributed by atoms with van der Waals surface area (Å²) >= 11 is 1.77. The van der Waals surface area contributed by atoms with E-state index in [1.165, 1.54) is 9.75 Å².